The maximum absolute atomic E-state index is 6.86. The van der Waals surface area contributed by atoms with E-state index < -0.39 is 8.32 Å². The molecule has 3 fully saturated rings. The third-order valence-corrected chi connectivity index (χ3v) is 14.4. The summed E-state index contributed by atoms with van der Waals surface area (Å²) in [6.45, 7) is 28.6. The third-order valence-electron chi connectivity index (χ3n) is 9.85. The van der Waals surface area contributed by atoms with Gasteiger partial charge in [0.1, 0.15) is 0 Å². The first-order valence-electron chi connectivity index (χ1n) is 13.3. The molecule has 0 aromatic carbocycles. The van der Waals surface area contributed by atoms with Crippen LogP contribution in [0.15, 0.2) is 35.5 Å². The van der Waals surface area contributed by atoms with Crippen LogP contribution in [0.3, 0.4) is 0 Å². The molecule has 0 amide bonds. The predicted octanol–water partition coefficient (Wildman–Crippen LogP) is 9.48. The maximum Gasteiger partial charge on any atom is 0.192 e. The van der Waals surface area contributed by atoms with Gasteiger partial charge < -0.3 is 4.43 Å². The lowest BCUT2D eigenvalue weighted by molar-refractivity contribution is 0.0568. The van der Waals surface area contributed by atoms with Crippen LogP contribution in [0.25, 0.3) is 0 Å². The Bertz CT molecular complexity index is 772. The predicted molar refractivity (Wildman–Crippen MR) is 143 cm³/mol. The number of fused-ring (bicyclic) bond motifs is 1. The van der Waals surface area contributed by atoms with Crippen molar-refractivity contribution in [3.63, 3.8) is 0 Å². The molecule has 0 aromatic rings. The van der Waals surface area contributed by atoms with E-state index in [1.54, 1.807) is 5.57 Å². The summed E-state index contributed by atoms with van der Waals surface area (Å²) < 4.78 is 6.86. The third kappa shape index (κ3) is 5.07. The molecule has 0 bridgehead atoms. The molecule has 3 aliphatic rings. The Balaban J connectivity index is 1.81. The lowest BCUT2D eigenvalue weighted by atomic mass is 9.58. The zero-order chi connectivity index (χ0) is 24.1. The molecule has 32 heavy (non-hydrogen) atoms. The van der Waals surface area contributed by atoms with Gasteiger partial charge in [0.25, 0.3) is 0 Å². The zero-order valence-corrected chi connectivity index (χ0v) is 24.0. The first-order valence-corrected chi connectivity index (χ1v) is 16.2. The summed E-state index contributed by atoms with van der Waals surface area (Å²) in [5, 5.41) is 0.259. The number of rotatable bonds is 3. The van der Waals surface area contributed by atoms with Crippen LogP contribution in [-0.2, 0) is 4.43 Å². The monoisotopic (exact) mass is 456 g/mol. The fourth-order valence-electron chi connectivity index (χ4n) is 7.04. The van der Waals surface area contributed by atoms with Crippen molar-refractivity contribution in [3.8, 4) is 0 Å². The second kappa shape index (κ2) is 8.88. The highest BCUT2D eigenvalue weighted by molar-refractivity contribution is 6.74. The van der Waals surface area contributed by atoms with Crippen molar-refractivity contribution < 1.29 is 4.43 Å². The Labute approximate surface area is 201 Å². The molecule has 3 saturated carbocycles. The SMILES string of the molecule is C=C1/C(=C/C=C2\CCC[C@]3(C)C(C(C)(C)C)CC[C@@H]23)CC(O[Si](C)(C)C(C)(C)C)C[C@@H]1C. The Morgan fingerprint density at radius 2 is 1.72 bits per heavy atom. The van der Waals surface area contributed by atoms with Crippen molar-refractivity contribution >= 4 is 8.32 Å². The molecule has 2 heteroatoms. The van der Waals surface area contributed by atoms with Gasteiger partial charge in [-0.1, -0.05) is 79.7 Å². The van der Waals surface area contributed by atoms with Crippen LogP contribution >= 0.6 is 0 Å². The fourth-order valence-corrected chi connectivity index (χ4v) is 8.41. The van der Waals surface area contributed by atoms with E-state index in [4.69, 9.17) is 4.43 Å². The van der Waals surface area contributed by atoms with Crippen LogP contribution in [-0.4, -0.2) is 14.4 Å². The minimum atomic E-state index is -1.75. The summed E-state index contributed by atoms with van der Waals surface area (Å²) in [5.41, 5.74) is 5.38. The van der Waals surface area contributed by atoms with E-state index in [0.717, 1.165) is 24.7 Å². The average molecular weight is 457 g/mol. The summed E-state index contributed by atoms with van der Waals surface area (Å²) in [6, 6.07) is 0. The molecule has 1 nitrogen and oxygen atoms in total. The van der Waals surface area contributed by atoms with E-state index in [1.165, 1.54) is 43.3 Å². The average Bonchev–Trinajstić information content (AvgIpc) is 3.00. The highest BCUT2D eigenvalue weighted by Gasteiger charge is 2.52. The molecular formula is C30H52OSi. The first kappa shape index (κ1) is 26.0. The van der Waals surface area contributed by atoms with Crippen LogP contribution in [0.4, 0.5) is 0 Å². The lowest BCUT2D eigenvalue weighted by Crippen LogP contribution is -2.45. The summed E-state index contributed by atoms with van der Waals surface area (Å²) in [7, 11) is -1.75. The number of hydrogen-bond donors (Lipinski definition) is 0. The highest BCUT2D eigenvalue weighted by Crippen LogP contribution is 2.61. The van der Waals surface area contributed by atoms with Gasteiger partial charge >= 0.3 is 0 Å². The van der Waals surface area contributed by atoms with Gasteiger partial charge in [0.05, 0.1) is 0 Å². The van der Waals surface area contributed by atoms with E-state index in [-0.39, 0.29) is 5.04 Å². The van der Waals surface area contributed by atoms with Crippen molar-refractivity contribution in [2.75, 3.05) is 0 Å². The van der Waals surface area contributed by atoms with Gasteiger partial charge in [0, 0.05) is 6.10 Å². The Morgan fingerprint density at radius 3 is 2.31 bits per heavy atom. The van der Waals surface area contributed by atoms with Gasteiger partial charge in [-0.3, -0.25) is 0 Å². The fraction of sp³-hybridized carbons (Fsp3) is 0.800. The van der Waals surface area contributed by atoms with Gasteiger partial charge in [0.2, 0.25) is 0 Å². The van der Waals surface area contributed by atoms with Crippen LogP contribution in [0.5, 0.6) is 0 Å². The minimum Gasteiger partial charge on any atom is -0.414 e. The topological polar surface area (TPSA) is 9.23 Å². The molecular weight excluding hydrogens is 404 g/mol. The number of allylic oxidation sites excluding steroid dienone is 4. The standard InChI is InChI=1S/C30H52OSi/c1-21-19-25(31-32(10,11)29(6,7)8)20-24(22(21)2)15-14-23-13-12-18-30(9)26(23)16-17-27(30)28(3,4)5/h14-15,21,25-27H,2,12-13,16-20H2,1,3-11H3/b23-14+,24-15+/t21-,25?,26-,27?,30-/m0/s1. The van der Waals surface area contributed by atoms with Crippen molar-refractivity contribution in [3.05, 3.63) is 35.5 Å². The smallest absolute Gasteiger partial charge is 0.192 e. The highest BCUT2D eigenvalue weighted by atomic mass is 28.4. The Hall–Kier alpha value is -0.603. The van der Waals surface area contributed by atoms with E-state index >= 15 is 0 Å². The van der Waals surface area contributed by atoms with Gasteiger partial charge in [-0.2, -0.15) is 0 Å². The van der Waals surface area contributed by atoms with Crippen molar-refractivity contribution in [2.45, 2.75) is 125 Å². The largest absolute Gasteiger partial charge is 0.414 e. The van der Waals surface area contributed by atoms with Crippen LogP contribution in [0.1, 0.15) is 100 Å². The molecule has 0 heterocycles. The van der Waals surface area contributed by atoms with Gasteiger partial charge in [-0.05, 0) is 103 Å². The van der Waals surface area contributed by atoms with Crippen LogP contribution in [0, 0.1) is 28.6 Å². The molecule has 2 unspecified atom stereocenters. The van der Waals surface area contributed by atoms with E-state index in [9.17, 15) is 0 Å². The molecule has 3 rings (SSSR count). The second-order valence-corrected chi connectivity index (χ2v) is 19.0. The van der Waals surface area contributed by atoms with Crippen molar-refractivity contribution in [2.24, 2.45) is 28.6 Å². The van der Waals surface area contributed by atoms with Gasteiger partial charge in [0.15, 0.2) is 8.32 Å². The second-order valence-electron chi connectivity index (χ2n) is 14.2. The summed E-state index contributed by atoms with van der Waals surface area (Å²) in [6.07, 6.45) is 14.3. The lowest BCUT2D eigenvalue weighted by Gasteiger charge is -2.47. The molecule has 3 aliphatic carbocycles. The molecule has 0 spiro atoms. The molecule has 0 saturated heterocycles. The summed E-state index contributed by atoms with van der Waals surface area (Å²) >= 11 is 0. The first-order chi connectivity index (χ1) is 14.6. The van der Waals surface area contributed by atoms with Gasteiger partial charge in [-0.25, -0.2) is 0 Å². The van der Waals surface area contributed by atoms with Gasteiger partial charge in [-0.15, -0.1) is 0 Å². The zero-order valence-electron chi connectivity index (χ0n) is 23.0. The maximum atomic E-state index is 6.86. The normalized spacial score (nSPS) is 37.2. The quantitative estimate of drug-likeness (QED) is 0.384. The van der Waals surface area contributed by atoms with E-state index in [2.05, 4.69) is 87.2 Å². The Morgan fingerprint density at radius 1 is 1.06 bits per heavy atom. The minimum absolute atomic E-state index is 0.259. The van der Waals surface area contributed by atoms with Crippen LogP contribution in [0.2, 0.25) is 18.1 Å². The molecule has 0 radical (unpaired) electrons. The van der Waals surface area contributed by atoms with E-state index in [1.807, 2.05) is 0 Å². The molecule has 0 N–H and O–H groups in total. The van der Waals surface area contributed by atoms with Crippen molar-refractivity contribution in [1.29, 1.82) is 0 Å². The van der Waals surface area contributed by atoms with Crippen molar-refractivity contribution in [1.82, 2.24) is 0 Å². The van der Waals surface area contributed by atoms with Crippen LogP contribution < -0.4 is 0 Å². The molecule has 5 atom stereocenters. The molecule has 0 aromatic heterocycles. The number of hydrogen-bond acceptors (Lipinski definition) is 1. The summed E-state index contributed by atoms with van der Waals surface area (Å²) in [4.78, 5) is 0. The van der Waals surface area contributed by atoms with E-state index in [0.29, 0.717) is 22.9 Å². The molecule has 182 valence electrons. The molecule has 0 aliphatic heterocycles. The Kier molecular flexibility index (Phi) is 7.22. The summed E-state index contributed by atoms with van der Waals surface area (Å²) in [5.74, 6) is 2.12.